The molecule has 1 atom stereocenters. The largest absolute Gasteiger partial charge is 0.348 e. The van der Waals surface area contributed by atoms with E-state index in [0.29, 0.717) is 5.69 Å². The lowest BCUT2D eigenvalue weighted by Gasteiger charge is -2.23. The third-order valence-corrected chi connectivity index (χ3v) is 5.07. The number of sulfonamides is 1. The Morgan fingerprint density at radius 2 is 1.72 bits per heavy atom. The Kier molecular flexibility index (Phi) is 5.85. The molecular weight excluding hydrogens is 336 g/mol. The summed E-state index contributed by atoms with van der Waals surface area (Å²) in [5.41, 5.74) is 3.53. The Labute approximate surface area is 149 Å². The third-order valence-electron chi connectivity index (χ3n) is 3.93. The summed E-state index contributed by atoms with van der Waals surface area (Å²) in [4.78, 5) is 12.4. The lowest BCUT2D eigenvalue weighted by Crippen LogP contribution is -2.41. The van der Waals surface area contributed by atoms with Crippen LogP contribution in [0.4, 0.5) is 5.69 Å². The molecule has 0 saturated heterocycles. The van der Waals surface area contributed by atoms with Crippen molar-refractivity contribution in [3.05, 3.63) is 65.2 Å². The number of amides is 1. The van der Waals surface area contributed by atoms with E-state index in [1.165, 1.54) is 0 Å². The van der Waals surface area contributed by atoms with E-state index in [2.05, 4.69) is 5.32 Å². The SMILES string of the molecule is Cc1ccc([C@H](C)NC(=O)CN(c2cccc(C)c2)S(C)(=O)=O)cc1. The molecule has 0 radical (unpaired) electrons. The van der Waals surface area contributed by atoms with Crippen LogP contribution in [-0.4, -0.2) is 27.1 Å². The average molecular weight is 360 g/mol. The van der Waals surface area contributed by atoms with Gasteiger partial charge in [-0.2, -0.15) is 0 Å². The van der Waals surface area contributed by atoms with E-state index >= 15 is 0 Å². The number of aryl methyl sites for hydroxylation is 2. The van der Waals surface area contributed by atoms with Crippen LogP contribution in [0.5, 0.6) is 0 Å². The molecule has 2 aromatic carbocycles. The fourth-order valence-electron chi connectivity index (χ4n) is 2.54. The Hall–Kier alpha value is -2.34. The van der Waals surface area contributed by atoms with Crippen LogP contribution in [0.25, 0.3) is 0 Å². The number of nitrogens with zero attached hydrogens (tertiary/aromatic N) is 1. The molecule has 0 aliphatic heterocycles. The summed E-state index contributed by atoms with van der Waals surface area (Å²) in [5.74, 6) is -0.347. The molecule has 0 spiro atoms. The van der Waals surface area contributed by atoms with Gasteiger partial charge < -0.3 is 5.32 Å². The summed E-state index contributed by atoms with van der Waals surface area (Å²) < 4.78 is 25.4. The van der Waals surface area contributed by atoms with E-state index < -0.39 is 10.0 Å². The van der Waals surface area contributed by atoms with Crippen molar-refractivity contribution in [2.45, 2.75) is 26.8 Å². The minimum atomic E-state index is -3.56. The normalized spacial score (nSPS) is 12.5. The maximum absolute atomic E-state index is 12.4. The van der Waals surface area contributed by atoms with Crippen LogP contribution < -0.4 is 9.62 Å². The molecule has 0 aromatic heterocycles. The number of anilines is 1. The highest BCUT2D eigenvalue weighted by atomic mass is 32.2. The highest BCUT2D eigenvalue weighted by Crippen LogP contribution is 2.19. The summed E-state index contributed by atoms with van der Waals surface area (Å²) in [6, 6.07) is 14.7. The third kappa shape index (κ3) is 5.32. The van der Waals surface area contributed by atoms with Gasteiger partial charge in [-0.25, -0.2) is 8.42 Å². The van der Waals surface area contributed by atoms with Gasteiger partial charge in [-0.15, -0.1) is 0 Å². The van der Waals surface area contributed by atoms with Crippen molar-refractivity contribution in [1.29, 1.82) is 0 Å². The van der Waals surface area contributed by atoms with Gasteiger partial charge in [0, 0.05) is 0 Å². The van der Waals surface area contributed by atoms with E-state index in [9.17, 15) is 13.2 Å². The Bertz CT molecular complexity index is 845. The zero-order valence-electron chi connectivity index (χ0n) is 15.0. The van der Waals surface area contributed by atoms with Gasteiger partial charge in [0.15, 0.2) is 0 Å². The molecule has 2 aromatic rings. The van der Waals surface area contributed by atoms with Gasteiger partial charge in [-0.3, -0.25) is 9.10 Å². The second-order valence-electron chi connectivity index (χ2n) is 6.31. The van der Waals surface area contributed by atoms with Gasteiger partial charge in [-0.05, 0) is 44.0 Å². The monoisotopic (exact) mass is 360 g/mol. The summed E-state index contributed by atoms with van der Waals surface area (Å²) in [6.07, 6.45) is 1.10. The molecule has 6 heteroatoms. The molecule has 134 valence electrons. The molecule has 0 bridgehead atoms. The first-order valence-electron chi connectivity index (χ1n) is 8.07. The highest BCUT2D eigenvalue weighted by Gasteiger charge is 2.21. The predicted molar refractivity (Wildman–Crippen MR) is 101 cm³/mol. The summed E-state index contributed by atoms with van der Waals surface area (Å²) in [7, 11) is -3.56. The van der Waals surface area contributed by atoms with Crippen LogP contribution in [0.3, 0.4) is 0 Å². The summed E-state index contributed by atoms with van der Waals surface area (Å²) in [5, 5.41) is 2.86. The number of carbonyl (C=O) groups excluding carboxylic acids is 1. The molecule has 0 heterocycles. The van der Waals surface area contributed by atoms with Crippen LogP contribution in [0.1, 0.15) is 29.7 Å². The van der Waals surface area contributed by atoms with Crippen LogP contribution in [0, 0.1) is 13.8 Å². The maximum atomic E-state index is 12.4. The molecule has 1 N–H and O–H groups in total. The van der Waals surface area contributed by atoms with Crippen molar-refractivity contribution in [3.8, 4) is 0 Å². The van der Waals surface area contributed by atoms with Gasteiger partial charge in [0.05, 0.1) is 18.0 Å². The first kappa shape index (κ1) is 19.0. The fraction of sp³-hybridized carbons (Fsp3) is 0.316. The second kappa shape index (κ2) is 7.70. The fourth-order valence-corrected chi connectivity index (χ4v) is 3.39. The first-order chi connectivity index (χ1) is 11.7. The van der Waals surface area contributed by atoms with Gasteiger partial charge >= 0.3 is 0 Å². The van der Waals surface area contributed by atoms with Crippen LogP contribution in [0.2, 0.25) is 0 Å². The van der Waals surface area contributed by atoms with Crippen molar-refractivity contribution in [1.82, 2.24) is 5.32 Å². The average Bonchev–Trinajstić information content (AvgIpc) is 2.52. The maximum Gasteiger partial charge on any atom is 0.241 e. The zero-order valence-corrected chi connectivity index (χ0v) is 15.8. The van der Waals surface area contributed by atoms with Gasteiger partial charge in [0.1, 0.15) is 6.54 Å². The quantitative estimate of drug-likeness (QED) is 0.861. The van der Waals surface area contributed by atoms with Crippen LogP contribution >= 0.6 is 0 Å². The lowest BCUT2D eigenvalue weighted by atomic mass is 10.1. The lowest BCUT2D eigenvalue weighted by molar-refractivity contribution is -0.120. The molecule has 2 rings (SSSR count). The van der Waals surface area contributed by atoms with Crippen molar-refractivity contribution < 1.29 is 13.2 Å². The van der Waals surface area contributed by atoms with Gasteiger partial charge in [0.2, 0.25) is 15.9 Å². The highest BCUT2D eigenvalue weighted by molar-refractivity contribution is 7.92. The van der Waals surface area contributed by atoms with Gasteiger partial charge in [0.25, 0.3) is 0 Å². The minimum Gasteiger partial charge on any atom is -0.348 e. The van der Waals surface area contributed by atoms with Crippen molar-refractivity contribution in [2.75, 3.05) is 17.1 Å². The zero-order chi connectivity index (χ0) is 18.6. The van der Waals surface area contributed by atoms with Crippen molar-refractivity contribution in [3.63, 3.8) is 0 Å². The number of benzene rings is 2. The number of nitrogens with one attached hydrogen (secondary N) is 1. The van der Waals surface area contributed by atoms with Crippen LogP contribution in [0.15, 0.2) is 48.5 Å². The molecular formula is C19H24N2O3S. The number of hydrogen-bond donors (Lipinski definition) is 1. The predicted octanol–water partition coefficient (Wildman–Crippen LogP) is 2.95. The van der Waals surface area contributed by atoms with E-state index in [1.807, 2.05) is 51.1 Å². The molecule has 0 aliphatic rings. The van der Waals surface area contributed by atoms with E-state index in [-0.39, 0.29) is 18.5 Å². The second-order valence-corrected chi connectivity index (χ2v) is 8.22. The Morgan fingerprint density at radius 1 is 1.08 bits per heavy atom. The molecule has 0 aliphatic carbocycles. The number of carbonyl (C=O) groups is 1. The van der Waals surface area contributed by atoms with Crippen LogP contribution in [-0.2, 0) is 14.8 Å². The molecule has 5 nitrogen and oxygen atoms in total. The molecule has 0 saturated carbocycles. The molecule has 0 fully saturated rings. The van der Waals surface area contributed by atoms with Crippen molar-refractivity contribution >= 4 is 21.6 Å². The summed E-state index contributed by atoms with van der Waals surface area (Å²) >= 11 is 0. The molecule has 25 heavy (non-hydrogen) atoms. The Morgan fingerprint density at radius 3 is 2.28 bits per heavy atom. The topological polar surface area (TPSA) is 66.5 Å². The summed E-state index contributed by atoms with van der Waals surface area (Å²) in [6.45, 7) is 5.50. The smallest absolute Gasteiger partial charge is 0.241 e. The van der Waals surface area contributed by atoms with E-state index in [4.69, 9.17) is 0 Å². The minimum absolute atomic E-state index is 0.202. The van der Waals surface area contributed by atoms with E-state index in [1.54, 1.807) is 18.2 Å². The van der Waals surface area contributed by atoms with E-state index in [0.717, 1.165) is 27.3 Å². The van der Waals surface area contributed by atoms with Crippen molar-refractivity contribution in [2.24, 2.45) is 0 Å². The Balaban J connectivity index is 2.13. The molecule has 0 unspecified atom stereocenters. The molecule has 1 amide bonds. The first-order valence-corrected chi connectivity index (χ1v) is 9.92. The number of hydrogen-bond acceptors (Lipinski definition) is 3. The van der Waals surface area contributed by atoms with Gasteiger partial charge in [-0.1, -0.05) is 42.0 Å². The number of rotatable bonds is 6. The standard InChI is InChI=1S/C19H24N2O3S/c1-14-8-10-17(11-9-14)16(3)20-19(22)13-21(25(4,23)24)18-7-5-6-15(2)12-18/h5-12,16H,13H2,1-4H3,(H,20,22)/t16-/m0/s1.